The molecule has 2 aromatic rings. The molecule has 6 nitrogen and oxygen atoms in total. The number of aryl methyl sites for hydroxylation is 1. The number of nitrogens with two attached hydrogens (primary N) is 1. The summed E-state index contributed by atoms with van der Waals surface area (Å²) in [6.07, 6.45) is 2.39. The van der Waals surface area contributed by atoms with Crippen LogP contribution in [-0.2, 0) is 6.42 Å². The monoisotopic (exact) mass is 386 g/mol. The van der Waals surface area contributed by atoms with Crippen molar-refractivity contribution in [3.8, 4) is 0 Å². The van der Waals surface area contributed by atoms with Crippen LogP contribution in [0.15, 0.2) is 32.2 Å². The molecule has 1 aromatic carbocycles. The lowest BCUT2D eigenvalue weighted by Gasteiger charge is -2.01. The lowest BCUT2D eigenvalue weighted by atomic mass is 10.2. The Kier molecular flexibility index (Phi) is 4.54. The van der Waals surface area contributed by atoms with E-state index in [1.165, 1.54) is 4.68 Å². The molecule has 0 atom stereocenters. The largest absolute Gasteiger partial charge is 0.335 e. The molecule has 0 unspecified atom stereocenters. The number of hydrazone groups is 1. The van der Waals surface area contributed by atoms with Crippen LogP contribution in [0.2, 0.25) is 0 Å². The molecule has 2 rings (SSSR count). The summed E-state index contributed by atoms with van der Waals surface area (Å²) in [6.45, 7) is 1.96. The van der Waals surface area contributed by atoms with Crippen LogP contribution >= 0.6 is 31.9 Å². The average molecular weight is 388 g/mol. The quantitative estimate of drug-likeness (QED) is 0.479. The van der Waals surface area contributed by atoms with Crippen LogP contribution in [0.1, 0.15) is 18.3 Å². The van der Waals surface area contributed by atoms with Gasteiger partial charge in [-0.15, -0.1) is 10.2 Å². The van der Waals surface area contributed by atoms with Gasteiger partial charge in [-0.3, -0.25) is 0 Å². The molecule has 0 aliphatic heterocycles. The number of benzene rings is 1. The molecule has 8 heteroatoms. The highest BCUT2D eigenvalue weighted by Gasteiger charge is 2.05. The number of nitrogen functional groups attached to an aromatic ring is 1. The van der Waals surface area contributed by atoms with E-state index in [1.807, 2.05) is 25.1 Å². The Morgan fingerprint density at radius 1 is 1.42 bits per heavy atom. The number of nitrogens with zero attached hydrogens (tertiary/aromatic N) is 4. The predicted molar refractivity (Wildman–Crippen MR) is 82.6 cm³/mol. The van der Waals surface area contributed by atoms with Gasteiger partial charge in [0.1, 0.15) is 0 Å². The molecular weight excluding hydrogens is 376 g/mol. The minimum Gasteiger partial charge on any atom is -0.335 e. The van der Waals surface area contributed by atoms with Crippen molar-refractivity contribution in [1.29, 1.82) is 0 Å². The first kappa shape index (κ1) is 14.0. The van der Waals surface area contributed by atoms with Gasteiger partial charge in [-0.25, -0.2) is 10.1 Å². The maximum atomic E-state index is 5.79. The van der Waals surface area contributed by atoms with Crippen molar-refractivity contribution in [3.63, 3.8) is 0 Å². The van der Waals surface area contributed by atoms with Gasteiger partial charge in [0.2, 0.25) is 0 Å². The van der Waals surface area contributed by atoms with Gasteiger partial charge in [0, 0.05) is 20.9 Å². The third-order valence-electron chi connectivity index (χ3n) is 2.41. The van der Waals surface area contributed by atoms with Crippen LogP contribution in [0.5, 0.6) is 0 Å². The molecule has 0 spiro atoms. The maximum absolute atomic E-state index is 5.79. The fraction of sp³-hybridized carbons (Fsp3) is 0.182. The van der Waals surface area contributed by atoms with E-state index in [4.69, 9.17) is 5.84 Å². The Bertz CT molecular complexity index is 607. The minimum absolute atomic E-state index is 0.402. The molecule has 100 valence electrons. The molecule has 0 amide bonds. The van der Waals surface area contributed by atoms with E-state index in [2.05, 4.69) is 52.6 Å². The molecule has 0 fully saturated rings. The number of rotatable bonds is 4. The Morgan fingerprint density at radius 3 is 2.89 bits per heavy atom. The summed E-state index contributed by atoms with van der Waals surface area (Å²) in [5.74, 6) is 6.88. The number of hydrogen-bond donors (Lipinski definition) is 2. The number of anilines is 1. The fourth-order valence-electron chi connectivity index (χ4n) is 1.41. The third kappa shape index (κ3) is 3.32. The van der Waals surface area contributed by atoms with Crippen LogP contribution in [0, 0.1) is 0 Å². The summed E-state index contributed by atoms with van der Waals surface area (Å²) in [7, 11) is 0. The van der Waals surface area contributed by atoms with Crippen LogP contribution in [-0.4, -0.2) is 21.1 Å². The molecular formula is C11H12Br2N6. The highest BCUT2D eigenvalue weighted by atomic mass is 79.9. The summed E-state index contributed by atoms with van der Waals surface area (Å²) < 4.78 is 3.31. The second-order valence-corrected chi connectivity index (χ2v) is 5.47. The van der Waals surface area contributed by atoms with Gasteiger partial charge < -0.3 is 5.84 Å². The average Bonchev–Trinajstić information content (AvgIpc) is 2.75. The SMILES string of the molecule is CCc1nnc(NN=Cc2cc(Br)ccc2Br)n1N. The first-order valence-electron chi connectivity index (χ1n) is 5.55. The number of aromatic nitrogens is 3. The zero-order chi connectivity index (χ0) is 13.8. The smallest absolute Gasteiger partial charge is 0.263 e. The van der Waals surface area contributed by atoms with E-state index >= 15 is 0 Å². The lowest BCUT2D eigenvalue weighted by molar-refractivity contribution is 0.855. The van der Waals surface area contributed by atoms with Crippen molar-refractivity contribution in [2.45, 2.75) is 13.3 Å². The van der Waals surface area contributed by atoms with Gasteiger partial charge >= 0.3 is 0 Å². The predicted octanol–water partition coefficient (Wildman–Crippen LogP) is 2.53. The minimum atomic E-state index is 0.402. The van der Waals surface area contributed by atoms with Crippen molar-refractivity contribution in [3.05, 3.63) is 38.5 Å². The standard InChI is InChI=1S/C11H12Br2N6/c1-2-10-16-18-11(19(10)14)17-15-6-7-5-8(12)3-4-9(7)13/h3-6H,2,14H2,1H3,(H,17,18). The first-order valence-corrected chi connectivity index (χ1v) is 7.14. The highest BCUT2D eigenvalue weighted by Crippen LogP contribution is 2.20. The van der Waals surface area contributed by atoms with E-state index in [0.29, 0.717) is 18.2 Å². The van der Waals surface area contributed by atoms with E-state index in [9.17, 15) is 0 Å². The van der Waals surface area contributed by atoms with Crippen molar-refractivity contribution in [2.75, 3.05) is 11.3 Å². The fourth-order valence-corrected chi connectivity index (χ4v) is 2.14. The van der Waals surface area contributed by atoms with Gasteiger partial charge in [0.15, 0.2) is 5.82 Å². The van der Waals surface area contributed by atoms with Crippen molar-refractivity contribution >= 4 is 44.0 Å². The van der Waals surface area contributed by atoms with Crippen LogP contribution in [0.3, 0.4) is 0 Å². The molecule has 0 saturated heterocycles. The lowest BCUT2D eigenvalue weighted by Crippen LogP contribution is -2.14. The van der Waals surface area contributed by atoms with Gasteiger partial charge in [-0.05, 0) is 18.2 Å². The summed E-state index contributed by atoms with van der Waals surface area (Å²) in [6, 6.07) is 5.82. The normalized spacial score (nSPS) is 11.1. The second kappa shape index (κ2) is 6.16. The van der Waals surface area contributed by atoms with E-state index in [0.717, 1.165) is 14.5 Å². The summed E-state index contributed by atoms with van der Waals surface area (Å²) >= 11 is 6.86. The molecule has 19 heavy (non-hydrogen) atoms. The van der Waals surface area contributed by atoms with Gasteiger partial charge in [-0.2, -0.15) is 5.10 Å². The molecule has 0 bridgehead atoms. The van der Waals surface area contributed by atoms with E-state index in [1.54, 1.807) is 6.21 Å². The first-order chi connectivity index (χ1) is 9.11. The molecule has 0 aliphatic carbocycles. The van der Waals surface area contributed by atoms with E-state index in [-0.39, 0.29) is 0 Å². The molecule has 0 aliphatic rings. The second-order valence-electron chi connectivity index (χ2n) is 3.70. The Morgan fingerprint density at radius 2 is 2.21 bits per heavy atom. The molecule has 1 heterocycles. The number of nitrogens with one attached hydrogen (secondary N) is 1. The van der Waals surface area contributed by atoms with Crippen molar-refractivity contribution < 1.29 is 0 Å². The van der Waals surface area contributed by atoms with Crippen LogP contribution < -0.4 is 11.3 Å². The summed E-state index contributed by atoms with van der Waals surface area (Å²) in [4.78, 5) is 0. The van der Waals surface area contributed by atoms with Gasteiger partial charge in [0.05, 0.1) is 6.21 Å². The topological polar surface area (TPSA) is 81.1 Å². The number of hydrogen-bond acceptors (Lipinski definition) is 5. The maximum Gasteiger partial charge on any atom is 0.263 e. The Labute approximate surface area is 127 Å². The van der Waals surface area contributed by atoms with Crippen LogP contribution in [0.25, 0.3) is 0 Å². The molecule has 0 saturated carbocycles. The Hall–Kier alpha value is -1.41. The highest BCUT2D eigenvalue weighted by molar-refractivity contribution is 9.11. The van der Waals surface area contributed by atoms with Crippen molar-refractivity contribution in [2.24, 2.45) is 5.10 Å². The summed E-state index contributed by atoms with van der Waals surface area (Å²) in [5, 5.41) is 11.9. The van der Waals surface area contributed by atoms with Crippen LogP contribution in [0.4, 0.5) is 5.95 Å². The molecule has 3 N–H and O–H groups in total. The zero-order valence-electron chi connectivity index (χ0n) is 10.1. The molecule has 0 radical (unpaired) electrons. The van der Waals surface area contributed by atoms with E-state index < -0.39 is 0 Å². The third-order valence-corrected chi connectivity index (χ3v) is 3.62. The number of halogens is 2. The van der Waals surface area contributed by atoms with Gasteiger partial charge in [0.25, 0.3) is 5.95 Å². The summed E-state index contributed by atoms with van der Waals surface area (Å²) in [5.41, 5.74) is 3.69. The Balaban J connectivity index is 2.11. The van der Waals surface area contributed by atoms with Crippen molar-refractivity contribution in [1.82, 2.24) is 14.9 Å². The zero-order valence-corrected chi connectivity index (χ0v) is 13.3. The van der Waals surface area contributed by atoms with Gasteiger partial charge in [-0.1, -0.05) is 38.8 Å². The molecule has 1 aromatic heterocycles.